The molecule has 0 aliphatic heterocycles. The van der Waals surface area contributed by atoms with Crippen molar-refractivity contribution in [3.05, 3.63) is 48.0 Å². The number of carbonyl (C=O) groups is 4. The van der Waals surface area contributed by atoms with Crippen molar-refractivity contribution in [3.63, 3.8) is 0 Å². The van der Waals surface area contributed by atoms with Crippen LogP contribution in [0.5, 0.6) is 0 Å². The minimum absolute atomic E-state index is 0.0411. The molecule has 1 unspecified atom stereocenters. The molecule has 170 valence electrons. The largest absolute Gasteiger partial charge is 0.468 e. The molecule has 0 spiro atoms. The number of benzene rings is 1. The molecule has 0 heterocycles. The number of rotatable bonds is 9. The lowest BCUT2D eigenvalue weighted by molar-refractivity contribution is -0.143. The van der Waals surface area contributed by atoms with Gasteiger partial charge in [0.2, 0.25) is 11.8 Å². The molecule has 1 aromatic carbocycles. The zero-order valence-electron chi connectivity index (χ0n) is 18.7. The topological polar surface area (TPSA) is 114 Å². The lowest BCUT2D eigenvalue weighted by Crippen LogP contribution is -2.48. The Balaban J connectivity index is 3.14. The molecule has 1 aromatic rings. The van der Waals surface area contributed by atoms with Crippen LogP contribution in [0.3, 0.4) is 0 Å². The van der Waals surface area contributed by atoms with E-state index in [1.165, 1.54) is 18.1 Å². The van der Waals surface area contributed by atoms with Gasteiger partial charge in [0, 0.05) is 6.54 Å². The molecular weight excluding hydrogens is 402 g/mol. The van der Waals surface area contributed by atoms with Crippen LogP contribution in [-0.4, -0.2) is 61.1 Å². The Labute approximate surface area is 182 Å². The monoisotopic (exact) mass is 433 g/mol. The molecule has 9 heteroatoms. The van der Waals surface area contributed by atoms with Gasteiger partial charge in [-0.15, -0.1) is 6.58 Å². The first-order chi connectivity index (χ1) is 14.5. The van der Waals surface area contributed by atoms with Crippen LogP contribution in [0, 0.1) is 6.92 Å². The molecule has 1 rings (SSSR count). The second-order valence-corrected chi connectivity index (χ2v) is 7.74. The highest BCUT2D eigenvalue weighted by atomic mass is 16.6. The van der Waals surface area contributed by atoms with Gasteiger partial charge in [0.15, 0.2) is 0 Å². The lowest BCUT2D eigenvalue weighted by Gasteiger charge is -2.31. The van der Waals surface area contributed by atoms with Crippen LogP contribution in [0.2, 0.25) is 0 Å². The first kappa shape index (κ1) is 25.7. The molecule has 0 saturated heterocycles. The maximum absolute atomic E-state index is 13.0. The molecule has 0 aromatic heterocycles. The number of alkyl carbamates (subject to hydrolysis) is 1. The zero-order chi connectivity index (χ0) is 23.6. The van der Waals surface area contributed by atoms with Gasteiger partial charge in [-0.25, -0.2) is 4.79 Å². The summed E-state index contributed by atoms with van der Waals surface area (Å²) in [6.45, 7) is 9.91. The molecule has 31 heavy (non-hydrogen) atoms. The van der Waals surface area contributed by atoms with Gasteiger partial charge in [-0.05, 0) is 38.8 Å². The van der Waals surface area contributed by atoms with Crippen molar-refractivity contribution < 1.29 is 28.7 Å². The standard InChI is InChI=1S/C22H31N3O6/c1-7-12-25(17(26)13-24-21(29)31-22(3,4)5)19(16-11-9-8-10-15(16)2)20(28)23-14-18(27)30-6/h7-11,19H,1,12-14H2,2-6H3,(H,23,28)(H,24,29). The van der Waals surface area contributed by atoms with Crippen molar-refractivity contribution in [2.24, 2.45) is 0 Å². The summed E-state index contributed by atoms with van der Waals surface area (Å²) in [5, 5.41) is 4.90. The second-order valence-electron chi connectivity index (χ2n) is 7.74. The summed E-state index contributed by atoms with van der Waals surface area (Å²) >= 11 is 0. The quantitative estimate of drug-likeness (QED) is 0.454. The van der Waals surface area contributed by atoms with E-state index in [0.717, 1.165) is 5.56 Å². The van der Waals surface area contributed by atoms with Crippen molar-refractivity contribution in [2.75, 3.05) is 26.7 Å². The zero-order valence-corrected chi connectivity index (χ0v) is 18.7. The van der Waals surface area contributed by atoms with Crippen LogP contribution >= 0.6 is 0 Å². The molecule has 3 amide bonds. The second kappa shape index (κ2) is 11.7. The van der Waals surface area contributed by atoms with Crippen LogP contribution in [0.1, 0.15) is 37.9 Å². The molecule has 0 fully saturated rings. The van der Waals surface area contributed by atoms with Gasteiger partial charge in [0.25, 0.3) is 0 Å². The fourth-order valence-electron chi connectivity index (χ4n) is 2.73. The van der Waals surface area contributed by atoms with Gasteiger partial charge in [-0.3, -0.25) is 14.4 Å². The van der Waals surface area contributed by atoms with Crippen LogP contribution in [0.15, 0.2) is 36.9 Å². The first-order valence-corrected chi connectivity index (χ1v) is 9.77. The van der Waals surface area contributed by atoms with E-state index in [4.69, 9.17) is 4.74 Å². The predicted molar refractivity (Wildman–Crippen MR) is 115 cm³/mol. The molecule has 9 nitrogen and oxygen atoms in total. The summed E-state index contributed by atoms with van der Waals surface area (Å²) < 4.78 is 9.70. The number of nitrogens with zero attached hydrogens (tertiary/aromatic N) is 1. The minimum Gasteiger partial charge on any atom is -0.468 e. The number of hydrogen-bond donors (Lipinski definition) is 2. The summed E-state index contributed by atoms with van der Waals surface area (Å²) in [6.07, 6.45) is 0.728. The van der Waals surface area contributed by atoms with Crippen LogP contribution in [0.25, 0.3) is 0 Å². The van der Waals surface area contributed by atoms with Crippen molar-refractivity contribution in [2.45, 2.75) is 39.3 Å². The van der Waals surface area contributed by atoms with Crippen LogP contribution in [0.4, 0.5) is 4.79 Å². The maximum Gasteiger partial charge on any atom is 0.408 e. The number of ether oxygens (including phenoxy) is 2. The van der Waals surface area contributed by atoms with Gasteiger partial charge in [0.05, 0.1) is 7.11 Å². The molecule has 2 N–H and O–H groups in total. The Morgan fingerprint density at radius 3 is 2.32 bits per heavy atom. The number of esters is 1. The Morgan fingerprint density at radius 2 is 1.77 bits per heavy atom. The predicted octanol–water partition coefficient (Wildman–Crippen LogP) is 1.86. The van der Waals surface area contributed by atoms with Gasteiger partial charge < -0.3 is 25.0 Å². The van der Waals surface area contributed by atoms with Crippen molar-refractivity contribution in [1.82, 2.24) is 15.5 Å². The summed E-state index contributed by atoms with van der Waals surface area (Å²) in [5.41, 5.74) is 0.644. The number of hydrogen-bond acceptors (Lipinski definition) is 6. The van der Waals surface area contributed by atoms with Gasteiger partial charge in [-0.2, -0.15) is 0 Å². The lowest BCUT2D eigenvalue weighted by atomic mass is 9.98. The molecule has 0 radical (unpaired) electrons. The summed E-state index contributed by atoms with van der Waals surface area (Å²) in [5.74, 6) is -1.70. The first-order valence-electron chi connectivity index (χ1n) is 9.77. The molecule has 1 atom stereocenters. The van der Waals surface area contributed by atoms with Gasteiger partial charge >= 0.3 is 12.1 Å². The van der Waals surface area contributed by atoms with E-state index in [-0.39, 0.29) is 19.6 Å². The van der Waals surface area contributed by atoms with Crippen LogP contribution in [-0.2, 0) is 23.9 Å². The Kier molecular flexibility index (Phi) is 9.72. The van der Waals surface area contributed by atoms with E-state index < -0.39 is 35.5 Å². The molecule has 0 bridgehead atoms. The Hall–Kier alpha value is -3.36. The van der Waals surface area contributed by atoms with E-state index in [9.17, 15) is 19.2 Å². The maximum atomic E-state index is 13.0. The Bertz CT molecular complexity index is 816. The highest BCUT2D eigenvalue weighted by molar-refractivity contribution is 5.92. The van der Waals surface area contributed by atoms with Crippen LogP contribution < -0.4 is 10.6 Å². The number of carbonyl (C=O) groups excluding carboxylic acids is 4. The molecule has 0 saturated carbocycles. The Morgan fingerprint density at radius 1 is 1.13 bits per heavy atom. The highest BCUT2D eigenvalue weighted by Crippen LogP contribution is 2.24. The summed E-state index contributed by atoms with van der Waals surface area (Å²) in [7, 11) is 1.21. The summed E-state index contributed by atoms with van der Waals surface area (Å²) in [6, 6.07) is 6.05. The molecule has 0 aliphatic carbocycles. The third-order valence-corrected chi connectivity index (χ3v) is 4.11. The normalized spacial score (nSPS) is 11.6. The van der Waals surface area contributed by atoms with E-state index in [1.54, 1.807) is 32.9 Å². The fraction of sp³-hybridized carbons (Fsp3) is 0.455. The highest BCUT2D eigenvalue weighted by Gasteiger charge is 2.32. The molecule has 0 aliphatic rings. The number of nitrogens with one attached hydrogen (secondary N) is 2. The van der Waals surface area contributed by atoms with Crippen molar-refractivity contribution in [3.8, 4) is 0 Å². The number of amides is 3. The van der Waals surface area contributed by atoms with Crippen molar-refractivity contribution >= 4 is 23.9 Å². The van der Waals surface area contributed by atoms with Gasteiger partial charge in [-0.1, -0.05) is 30.3 Å². The van der Waals surface area contributed by atoms with E-state index >= 15 is 0 Å². The average molecular weight is 434 g/mol. The minimum atomic E-state index is -1.04. The average Bonchev–Trinajstić information content (AvgIpc) is 2.69. The van der Waals surface area contributed by atoms with Crippen molar-refractivity contribution in [1.29, 1.82) is 0 Å². The summed E-state index contributed by atoms with van der Waals surface area (Å²) in [4.78, 5) is 50.6. The third kappa shape index (κ3) is 8.49. The smallest absolute Gasteiger partial charge is 0.408 e. The van der Waals surface area contributed by atoms with Gasteiger partial charge in [0.1, 0.15) is 24.7 Å². The number of methoxy groups -OCH3 is 1. The fourth-order valence-corrected chi connectivity index (χ4v) is 2.73. The van der Waals surface area contributed by atoms with E-state index in [1.807, 2.05) is 19.1 Å². The third-order valence-electron chi connectivity index (χ3n) is 4.11. The number of aryl methyl sites for hydroxylation is 1. The van der Waals surface area contributed by atoms with E-state index in [0.29, 0.717) is 5.56 Å². The molecular formula is C22H31N3O6. The SMILES string of the molecule is C=CCN(C(=O)CNC(=O)OC(C)(C)C)C(C(=O)NCC(=O)OC)c1ccccc1C. The van der Waals surface area contributed by atoms with E-state index in [2.05, 4.69) is 21.9 Å².